The second kappa shape index (κ2) is 7.82. The van der Waals surface area contributed by atoms with Gasteiger partial charge in [0, 0.05) is 24.5 Å². The first-order valence-corrected chi connectivity index (χ1v) is 8.73. The van der Waals surface area contributed by atoms with Crippen molar-refractivity contribution in [3.05, 3.63) is 30.4 Å². The van der Waals surface area contributed by atoms with E-state index in [1.807, 2.05) is 32.9 Å². The molecule has 1 aliphatic heterocycles. The Kier molecular flexibility index (Phi) is 5.51. The quantitative estimate of drug-likeness (QED) is 0.827. The normalized spacial score (nSPS) is 18.0. The van der Waals surface area contributed by atoms with Gasteiger partial charge in [-0.2, -0.15) is 4.98 Å². The Balaban J connectivity index is 1.52. The van der Waals surface area contributed by atoms with E-state index in [4.69, 9.17) is 14.0 Å². The van der Waals surface area contributed by atoms with Crippen molar-refractivity contribution in [2.24, 2.45) is 0 Å². The van der Waals surface area contributed by atoms with Crippen LogP contribution in [0.2, 0.25) is 0 Å². The first kappa shape index (κ1) is 18.3. The van der Waals surface area contributed by atoms with Crippen LogP contribution in [0.1, 0.15) is 39.5 Å². The SMILES string of the molecule is CC(C)(C)OC(=O)N1CCCC(OCc2nc(-c3ccncc3)no2)C1. The molecule has 1 saturated heterocycles. The number of hydrogen-bond acceptors (Lipinski definition) is 7. The summed E-state index contributed by atoms with van der Waals surface area (Å²) in [6.45, 7) is 6.98. The summed E-state index contributed by atoms with van der Waals surface area (Å²) < 4.78 is 16.5. The van der Waals surface area contributed by atoms with Gasteiger partial charge >= 0.3 is 6.09 Å². The van der Waals surface area contributed by atoms with E-state index < -0.39 is 5.60 Å². The number of piperidine rings is 1. The Morgan fingerprint density at radius 1 is 1.35 bits per heavy atom. The van der Waals surface area contributed by atoms with Crippen molar-refractivity contribution in [3.63, 3.8) is 0 Å². The second-order valence-corrected chi connectivity index (χ2v) is 7.25. The van der Waals surface area contributed by atoms with Crippen LogP contribution in [0.15, 0.2) is 29.0 Å². The summed E-state index contributed by atoms with van der Waals surface area (Å²) in [5.41, 5.74) is 0.335. The Morgan fingerprint density at radius 2 is 2.12 bits per heavy atom. The van der Waals surface area contributed by atoms with Crippen LogP contribution in [0.5, 0.6) is 0 Å². The summed E-state index contributed by atoms with van der Waals surface area (Å²) >= 11 is 0. The van der Waals surface area contributed by atoms with E-state index in [1.54, 1.807) is 17.3 Å². The van der Waals surface area contributed by atoms with Crippen LogP contribution in [0, 0.1) is 0 Å². The minimum atomic E-state index is -0.502. The van der Waals surface area contributed by atoms with Gasteiger partial charge in [-0.1, -0.05) is 5.16 Å². The number of pyridine rings is 1. The summed E-state index contributed by atoms with van der Waals surface area (Å²) in [7, 11) is 0. The molecule has 0 saturated carbocycles. The molecule has 0 bridgehead atoms. The van der Waals surface area contributed by atoms with E-state index >= 15 is 0 Å². The highest BCUT2D eigenvalue weighted by molar-refractivity contribution is 5.68. The van der Waals surface area contributed by atoms with Gasteiger partial charge in [0.15, 0.2) is 0 Å². The number of rotatable bonds is 4. The summed E-state index contributed by atoms with van der Waals surface area (Å²) in [4.78, 5) is 22.2. The first-order chi connectivity index (χ1) is 12.4. The lowest BCUT2D eigenvalue weighted by Gasteiger charge is -2.33. The Labute approximate surface area is 152 Å². The monoisotopic (exact) mass is 360 g/mol. The molecule has 26 heavy (non-hydrogen) atoms. The van der Waals surface area contributed by atoms with Crippen LogP contribution in [0.25, 0.3) is 11.4 Å². The van der Waals surface area contributed by atoms with Gasteiger partial charge in [0.25, 0.3) is 5.89 Å². The molecular weight excluding hydrogens is 336 g/mol. The van der Waals surface area contributed by atoms with E-state index in [1.165, 1.54) is 0 Å². The Hall–Kier alpha value is -2.48. The molecule has 1 amide bonds. The lowest BCUT2D eigenvalue weighted by atomic mass is 10.1. The van der Waals surface area contributed by atoms with E-state index in [-0.39, 0.29) is 18.8 Å². The molecule has 3 rings (SSSR count). The molecule has 8 heteroatoms. The van der Waals surface area contributed by atoms with Crippen LogP contribution in [-0.4, -0.2) is 50.9 Å². The summed E-state index contributed by atoms with van der Waals surface area (Å²) in [6, 6.07) is 3.63. The minimum absolute atomic E-state index is 0.0763. The molecule has 1 fully saturated rings. The lowest BCUT2D eigenvalue weighted by molar-refractivity contribution is -0.0314. The molecule has 2 aromatic rings. The van der Waals surface area contributed by atoms with Crippen LogP contribution < -0.4 is 0 Å². The third kappa shape index (κ3) is 5.01. The van der Waals surface area contributed by atoms with E-state index in [0.29, 0.717) is 24.8 Å². The van der Waals surface area contributed by atoms with Crippen molar-refractivity contribution in [1.29, 1.82) is 0 Å². The zero-order valence-corrected chi connectivity index (χ0v) is 15.3. The number of carbonyl (C=O) groups excluding carboxylic acids is 1. The smallest absolute Gasteiger partial charge is 0.410 e. The maximum atomic E-state index is 12.2. The summed E-state index contributed by atoms with van der Waals surface area (Å²) in [6.07, 6.45) is 4.72. The number of ether oxygens (including phenoxy) is 2. The van der Waals surface area contributed by atoms with Crippen LogP contribution in [0.4, 0.5) is 4.79 Å². The predicted octanol–water partition coefficient (Wildman–Crippen LogP) is 3.05. The number of likely N-dealkylation sites (tertiary alicyclic amines) is 1. The third-order valence-electron chi connectivity index (χ3n) is 3.88. The molecule has 0 N–H and O–H groups in total. The maximum Gasteiger partial charge on any atom is 0.410 e. The van der Waals surface area contributed by atoms with Gasteiger partial charge in [0.05, 0.1) is 12.6 Å². The highest BCUT2D eigenvalue weighted by atomic mass is 16.6. The van der Waals surface area contributed by atoms with Gasteiger partial charge in [-0.3, -0.25) is 4.98 Å². The van der Waals surface area contributed by atoms with Crippen molar-refractivity contribution in [3.8, 4) is 11.4 Å². The fourth-order valence-electron chi connectivity index (χ4n) is 2.69. The van der Waals surface area contributed by atoms with Gasteiger partial charge in [0.2, 0.25) is 5.82 Å². The van der Waals surface area contributed by atoms with E-state index in [2.05, 4.69) is 15.1 Å². The molecule has 3 heterocycles. The highest BCUT2D eigenvalue weighted by Crippen LogP contribution is 2.19. The summed E-state index contributed by atoms with van der Waals surface area (Å²) in [5, 5.41) is 3.96. The standard InChI is InChI=1S/C18H24N4O4/c1-18(2,3)25-17(23)22-10-4-5-14(11-22)24-12-15-20-16(21-26-15)13-6-8-19-9-7-13/h6-9,14H,4-5,10-12H2,1-3H3. The van der Waals surface area contributed by atoms with Crippen molar-refractivity contribution in [1.82, 2.24) is 20.0 Å². The molecule has 0 radical (unpaired) electrons. The highest BCUT2D eigenvalue weighted by Gasteiger charge is 2.28. The third-order valence-corrected chi connectivity index (χ3v) is 3.88. The van der Waals surface area contributed by atoms with Crippen molar-refractivity contribution in [2.45, 2.75) is 51.9 Å². The number of aromatic nitrogens is 3. The molecule has 1 aliphatic rings. The second-order valence-electron chi connectivity index (χ2n) is 7.25. The lowest BCUT2D eigenvalue weighted by Crippen LogP contribution is -2.45. The van der Waals surface area contributed by atoms with Crippen LogP contribution >= 0.6 is 0 Å². The molecule has 1 atom stereocenters. The Bertz CT molecular complexity index is 726. The summed E-state index contributed by atoms with van der Waals surface area (Å²) in [5.74, 6) is 0.913. The molecule has 0 aliphatic carbocycles. The van der Waals surface area contributed by atoms with Crippen molar-refractivity contribution >= 4 is 6.09 Å². The molecule has 0 aromatic carbocycles. The van der Waals surface area contributed by atoms with Crippen LogP contribution in [0.3, 0.4) is 0 Å². The predicted molar refractivity (Wildman–Crippen MR) is 93.1 cm³/mol. The van der Waals surface area contributed by atoms with Gasteiger partial charge < -0.3 is 18.9 Å². The van der Waals surface area contributed by atoms with E-state index in [9.17, 15) is 4.79 Å². The first-order valence-electron chi connectivity index (χ1n) is 8.73. The largest absolute Gasteiger partial charge is 0.444 e. The van der Waals surface area contributed by atoms with Crippen molar-refractivity contribution < 1.29 is 18.8 Å². The maximum absolute atomic E-state index is 12.2. The van der Waals surface area contributed by atoms with Crippen LogP contribution in [-0.2, 0) is 16.1 Å². The fraction of sp³-hybridized carbons (Fsp3) is 0.556. The zero-order valence-electron chi connectivity index (χ0n) is 15.3. The number of hydrogen-bond donors (Lipinski definition) is 0. The number of carbonyl (C=O) groups is 1. The molecule has 2 aromatic heterocycles. The van der Waals surface area contributed by atoms with Gasteiger partial charge in [-0.25, -0.2) is 4.79 Å². The zero-order chi connectivity index (χ0) is 18.6. The van der Waals surface area contributed by atoms with Gasteiger partial charge in [0.1, 0.15) is 12.2 Å². The average molecular weight is 360 g/mol. The fourth-order valence-corrected chi connectivity index (χ4v) is 2.69. The minimum Gasteiger partial charge on any atom is -0.444 e. The molecule has 1 unspecified atom stereocenters. The van der Waals surface area contributed by atoms with E-state index in [0.717, 1.165) is 18.4 Å². The number of nitrogens with zero attached hydrogens (tertiary/aromatic N) is 4. The molecule has 0 spiro atoms. The number of amides is 1. The molecule has 8 nitrogen and oxygen atoms in total. The van der Waals surface area contributed by atoms with Crippen molar-refractivity contribution in [2.75, 3.05) is 13.1 Å². The molecule has 140 valence electrons. The van der Waals surface area contributed by atoms with Gasteiger partial charge in [-0.05, 0) is 45.7 Å². The topological polar surface area (TPSA) is 90.6 Å². The Morgan fingerprint density at radius 3 is 2.85 bits per heavy atom. The average Bonchev–Trinajstić information content (AvgIpc) is 3.09. The molecular formula is C18H24N4O4. The van der Waals surface area contributed by atoms with Gasteiger partial charge in [-0.15, -0.1) is 0 Å².